The lowest BCUT2D eigenvalue weighted by Crippen LogP contribution is -2.33. The number of hydrogen-bond donors (Lipinski definition) is 2. The average molecular weight is 146 g/mol. The third-order valence-corrected chi connectivity index (χ3v) is 1.31. The van der Waals surface area contributed by atoms with Crippen LogP contribution in [-0.2, 0) is 5.11 Å². The van der Waals surface area contributed by atoms with Gasteiger partial charge in [-0.3, -0.25) is 0 Å². The van der Waals surface area contributed by atoms with Crippen molar-refractivity contribution in [2.75, 3.05) is 26.3 Å². The van der Waals surface area contributed by atoms with Gasteiger partial charge in [0, 0.05) is 25.1 Å². The molecule has 0 atom stereocenters. The van der Waals surface area contributed by atoms with Crippen LogP contribution < -0.4 is 5.32 Å². The fourth-order valence-electron chi connectivity index (χ4n) is 0.555. The molecule has 61 valence electrons. The van der Waals surface area contributed by atoms with Gasteiger partial charge in [0.1, 0.15) is 0 Å². The van der Waals surface area contributed by atoms with Gasteiger partial charge in [-0.05, 0) is 0 Å². The fourth-order valence-corrected chi connectivity index (χ4v) is 0.555. The molecule has 0 saturated carbocycles. The highest BCUT2D eigenvalue weighted by Crippen LogP contribution is 2.10. The number of hydrogen-bond acceptors (Lipinski definition) is 2. The van der Waals surface area contributed by atoms with Crippen LogP contribution >= 0.6 is 0 Å². The Bertz CT molecular complexity index is 83.7. The topological polar surface area (TPSA) is 52.2 Å². The summed E-state index contributed by atoms with van der Waals surface area (Å²) in [6.07, 6.45) is 0. The van der Waals surface area contributed by atoms with Crippen LogP contribution in [0.5, 0.6) is 0 Å². The third-order valence-electron chi connectivity index (χ3n) is 1.31. The molecular weight excluding hydrogens is 130 g/mol. The molecule has 0 bridgehead atoms. The third kappa shape index (κ3) is 4.73. The van der Waals surface area contributed by atoms with Crippen molar-refractivity contribution in [2.45, 2.75) is 13.8 Å². The molecule has 3 nitrogen and oxygen atoms in total. The summed E-state index contributed by atoms with van der Waals surface area (Å²) in [6, 6.07) is 0. The van der Waals surface area contributed by atoms with E-state index >= 15 is 0 Å². The largest absolute Gasteiger partial charge is 0.396 e. The molecule has 0 spiro atoms. The minimum Gasteiger partial charge on any atom is -0.396 e. The van der Waals surface area contributed by atoms with E-state index in [1.807, 2.05) is 13.8 Å². The van der Waals surface area contributed by atoms with Gasteiger partial charge in [-0.1, -0.05) is 13.8 Å². The highest BCUT2D eigenvalue weighted by Gasteiger charge is 2.14. The second-order valence-electron chi connectivity index (χ2n) is 3.20. The maximum atomic E-state index is 9.98. The summed E-state index contributed by atoms with van der Waals surface area (Å²) in [4.78, 5) is 0. The van der Waals surface area contributed by atoms with E-state index < -0.39 is 0 Å². The Balaban J connectivity index is 3.28. The van der Waals surface area contributed by atoms with E-state index in [0.29, 0.717) is 13.1 Å². The molecule has 0 aliphatic carbocycles. The number of rotatable bonds is 5. The van der Waals surface area contributed by atoms with E-state index in [1.165, 1.54) is 0 Å². The Hall–Kier alpha value is -0.120. The van der Waals surface area contributed by atoms with Crippen LogP contribution in [0.1, 0.15) is 13.8 Å². The van der Waals surface area contributed by atoms with E-state index in [1.54, 1.807) is 0 Å². The lowest BCUT2D eigenvalue weighted by molar-refractivity contribution is 0.147. The van der Waals surface area contributed by atoms with Gasteiger partial charge in [-0.2, -0.15) is 0 Å². The van der Waals surface area contributed by atoms with Gasteiger partial charge in [0.05, 0.1) is 6.61 Å². The Morgan fingerprint density at radius 2 is 2.10 bits per heavy atom. The van der Waals surface area contributed by atoms with Gasteiger partial charge in [-0.15, -0.1) is 0 Å². The Kier molecular flexibility index (Phi) is 4.60. The van der Waals surface area contributed by atoms with Crippen LogP contribution in [0.25, 0.3) is 0 Å². The van der Waals surface area contributed by atoms with Gasteiger partial charge in [0.15, 0.2) is 0 Å². The maximum Gasteiger partial charge on any atom is 0.0946 e. The predicted molar refractivity (Wildman–Crippen MR) is 39.3 cm³/mol. The van der Waals surface area contributed by atoms with Crippen molar-refractivity contribution in [2.24, 2.45) is 5.41 Å². The molecule has 0 aliphatic heterocycles. The van der Waals surface area contributed by atoms with Crippen LogP contribution in [0.4, 0.5) is 0 Å². The molecule has 0 aromatic carbocycles. The molecule has 0 aromatic heterocycles. The summed E-state index contributed by atoms with van der Waals surface area (Å²) >= 11 is 0. The average Bonchev–Trinajstić information content (AvgIpc) is 1.89. The van der Waals surface area contributed by atoms with Crippen molar-refractivity contribution >= 4 is 0 Å². The van der Waals surface area contributed by atoms with Gasteiger partial charge in [0.2, 0.25) is 0 Å². The molecule has 0 aromatic rings. The van der Waals surface area contributed by atoms with E-state index in [4.69, 9.17) is 5.11 Å². The molecule has 0 fully saturated rings. The van der Waals surface area contributed by atoms with E-state index in [-0.39, 0.29) is 18.6 Å². The lowest BCUT2D eigenvalue weighted by atomic mass is 9.95. The summed E-state index contributed by atoms with van der Waals surface area (Å²) in [5.74, 6) is 0. The molecule has 0 heterocycles. The van der Waals surface area contributed by atoms with Crippen molar-refractivity contribution in [1.29, 1.82) is 0 Å². The first-order chi connectivity index (χ1) is 4.62. The smallest absolute Gasteiger partial charge is 0.0946 e. The van der Waals surface area contributed by atoms with Crippen molar-refractivity contribution in [3.63, 3.8) is 0 Å². The minimum absolute atomic E-state index is 0.0957. The lowest BCUT2D eigenvalue weighted by Gasteiger charge is -2.21. The first-order valence-electron chi connectivity index (χ1n) is 3.52. The summed E-state index contributed by atoms with van der Waals surface area (Å²) in [6.45, 7) is 5.14. The van der Waals surface area contributed by atoms with E-state index in [9.17, 15) is 5.11 Å². The zero-order valence-corrected chi connectivity index (χ0v) is 6.68. The molecule has 0 aliphatic rings. The Morgan fingerprint density at radius 1 is 1.50 bits per heavy atom. The van der Waals surface area contributed by atoms with Crippen molar-refractivity contribution in [1.82, 2.24) is 5.32 Å². The maximum absolute atomic E-state index is 9.98. The summed E-state index contributed by atoms with van der Waals surface area (Å²) in [7, 11) is 0. The van der Waals surface area contributed by atoms with Crippen LogP contribution in [0, 0.1) is 5.41 Å². The van der Waals surface area contributed by atoms with Crippen LogP contribution in [0.2, 0.25) is 0 Å². The van der Waals surface area contributed by atoms with E-state index in [2.05, 4.69) is 5.32 Å². The first-order valence-corrected chi connectivity index (χ1v) is 3.52. The molecule has 0 amide bonds. The quantitative estimate of drug-likeness (QED) is 0.537. The van der Waals surface area contributed by atoms with Gasteiger partial charge in [0.25, 0.3) is 0 Å². The summed E-state index contributed by atoms with van der Waals surface area (Å²) in [5.41, 5.74) is -0.102. The molecule has 2 N–H and O–H groups in total. The number of aliphatic hydroxyl groups excluding tert-OH is 1. The zero-order chi connectivity index (χ0) is 8.04. The van der Waals surface area contributed by atoms with Crippen LogP contribution in [0.3, 0.4) is 0 Å². The molecule has 3 heteroatoms. The summed E-state index contributed by atoms with van der Waals surface area (Å²) < 4.78 is 0. The molecular formula is C7H16NO2. The van der Waals surface area contributed by atoms with Gasteiger partial charge >= 0.3 is 0 Å². The standard InChI is InChI=1S/C7H16NO2/c1-7(2,6-10)5-8-3-4-9/h8,10H,3-6H2,1-2H3. The predicted octanol–water partition coefficient (Wildman–Crippen LogP) is 0.0250. The number of aliphatic hydroxyl groups is 1. The van der Waals surface area contributed by atoms with Crippen LogP contribution in [0.15, 0.2) is 0 Å². The second-order valence-corrected chi connectivity index (χ2v) is 3.20. The van der Waals surface area contributed by atoms with Crippen molar-refractivity contribution < 1.29 is 10.2 Å². The van der Waals surface area contributed by atoms with Crippen LogP contribution in [-0.4, -0.2) is 31.4 Å². The number of nitrogens with one attached hydrogen (secondary N) is 1. The van der Waals surface area contributed by atoms with Crippen molar-refractivity contribution in [3.05, 3.63) is 0 Å². The fraction of sp³-hybridized carbons (Fsp3) is 1.00. The monoisotopic (exact) mass is 146 g/mol. The van der Waals surface area contributed by atoms with Gasteiger partial charge < -0.3 is 10.4 Å². The molecule has 0 saturated heterocycles. The Labute approximate surface area is 62.1 Å². The zero-order valence-electron chi connectivity index (χ0n) is 6.68. The normalized spacial score (nSPS) is 12.0. The SMILES string of the molecule is CC(C)(CO)CNCC[O]. The highest BCUT2D eigenvalue weighted by molar-refractivity contribution is 4.69. The van der Waals surface area contributed by atoms with E-state index in [0.717, 1.165) is 0 Å². The summed E-state index contributed by atoms with van der Waals surface area (Å²) in [5, 5.41) is 21.7. The second kappa shape index (κ2) is 4.66. The Morgan fingerprint density at radius 3 is 2.50 bits per heavy atom. The highest BCUT2D eigenvalue weighted by atomic mass is 16.3. The minimum atomic E-state index is -0.102. The molecule has 1 radical (unpaired) electrons. The van der Waals surface area contributed by atoms with Gasteiger partial charge in [-0.25, -0.2) is 5.11 Å². The molecule has 10 heavy (non-hydrogen) atoms. The first kappa shape index (κ1) is 9.88. The molecule has 0 rings (SSSR count). The van der Waals surface area contributed by atoms with Crippen molar-refractivity contribution in [3.8, 4) is 0 Å². The molecule has 0 unspecified atom stereocenters.